The third-order valence-electron chi connectivity index (χ3n) is 4.40. The molecule has 25 heavy (non-hydrogen) atoms. The second-order valence-corrected chi connectivity index (χ2v) is 8.53. The number of hydrogen-bond donors (Lipinski definition) is 0. The first-order chi connectivity index (χ1) is 11.3. The molecule has 1 saturated heterocycles. The van der Waals surface area contributed by atoms with E-state index in [1.807, 2.05) is 0 Å². The van der Waals surface area contributed by atoms with Gasteiger partial charge in [-0.2, -0.15) is 13.2 Å². The van der Waals surface area contributed by atoms with E-state index in [9.17, 15) is 31.2 Å². The van der Waals surface area contributed by atoms with Crippen molar-refractivity contribution in [2.75, 3.05) is 32.1 Å². The minimum atomic E-state index is -4.74. The van der Waals surface area contributed by atoms with E-state index < -0.39 is 51.7 Å². The zero-order valence-corrected chi connectivity index (χ0v) is 14.9. The molecule has 8 nitrogen and oxygen atoms in total. The fourth-order valence-electron chi connectivity index (χ4n) is 2.87. The molecule has 2 atom stereocenters. The molecule has 0 amide bonds. The molecule has 0 spiro atoms. The summed E-state index contributed by atoms with van der Waals surface area (Å²) in [4.78, 5) is 24.9. The van der Waals surface area contributed by atoms with E-state index in [1.165, 1.54) is 28.2 Å². The molecule has 0 N–H and O–H groups in total. The van der Waals surface area contributed by atoms with Crippen LogP contribution in [0.3, 0.4) is 0 Å². The predicted octanol–water partition coefficient (Wildman–Crippen LogP) is -0.657. The second kappa shape index (κ2) is 6.16. The third-order valence-corrected chi connectivity index (χ3v) is 6.66. The average molecular weight is 384 g/mol. The quantitative estimate of drug-likeness (QED) is 0.691. The van der Waals surface area contributed by atoms with Crippen molar-refractivity contribution in [3.05, 3.63) is 26.9 Å². The van der Waals surface area contributed by atoms with Gasteiger partial charge in [-0.15, -0.1) is 0 Å². The lowest BCUT2D eigenvalue weighted by atomic mass is 10.1. The Morgan fingerprint density at radius 1 is 1.12 bits per heavy atom. The molecule has 12 heteroatoms. The first-order valence-electron chi connectivity index (χ1n) is 7.28. The molecule has 0 aromatic carbocycles. The SMILES string of the molecule is CN(C)S(=O)(=O)[C@@H]1CN(c2cc(=O)n(C)c(=O)n2C)C[C@H]1C(F)(F)F. The lowest BCUT2D eigenvalue weighted by Crippen LogP contribution is -2.43. The van der Waals surface area contributed by atoms with Gasteiger partial charge in [-0.05, 0) is 0 Å². The van der Waals surface area contributed by atoms with Crippen LogP contribution in [0.1, 0.15) is 0 Å². The van der Waals surface area contributed by atoms with Crippen LogP contribution in [0, 0.1) is 5.92 Å². The minimum Gasteiger partial charge on any atom is -0.356 e. The van der Waals surface area contributed by atoms with E-state index in [2.05, 4.69) is 0 Å². The highest BCUT2D eigenvalue weighted by Gasteiger charge is 2.55. The average Bonchev–Trinajstić information content (AvgIpc) is 2.94. The van der Waals surface area contributed by atoms with Gasteiger partial charge >= 0.3 is 11.9 Å². The van der Waals surface area contributed by atoms with Crippen LogP contribution in [-0.4, -0.2) is 60.5 Å². The van der Waals surface area contributed by atoms with Crippen molar-refractivity contribution in [2.24, 2.45) is 20.0 Å². The highest BCUT2D eigenvalue weighted by Crippen LogP contribution is 2.38. The molecule has 1 aromatic rings. The van der Waals surface area contributed by atoms with Crippen LogP contribution < -0.4 is 16.1 Å². The molecular formula is C13H19F3N4O4S. The Morgan fingerprint density at radius 2 is 1.68 bits per heavy atom. The van der Waals surface area contributed by atoms with Crippen LogP contribution in [0.2, 0.25) is 0 Å². The Bertz CT molecular complexity index is 888. The number of rotatable bonds is 3. The third kappa shape index (κ3) is 3.32. The molecule has 0 bridgehead atoms. The lowest BCUT2D eigenvalue weighted by molar-refractivity contribution is -0.167. The molecule has 0 aliphatic carbocycles. The number of hydrogen-bond acceptors (Lipinski definition) is 5. The number of nitrogens with zero attached hydrogens (tertiary/aromatic N) is 4. The van der Waals surface area contributed by atoms with E-state index in [1.54, 1.807) is 0 Å². The van der Waals surface area contributed by atoms with E-state index >= 15 is 0 Å². The minimum absolute atomic E-state index is 0.0428. The number of anilines is 1. The standard InChI is InChI=1S/C13H19F3N4O4S/c1-17(2)25(23,24)9-7-20(6-8(9)13(14,15)16)10-5-11(21)19(4)12(22)18(10)3/h5,8-9H,6-7H2,1-4H3/t8-,9-/m1/s1. The van der Waals surface area contributed by atoms with Gasteiger partial charge in [-0.1, -0.05) is 0 Å². The molecule has 0 unspecified atom stereocenters. The van der Waals surface area contributed by atoms with Crippen molar-refractivity contribution in [1.82, 2.24) is 13.4 Å². The summed E-state index contributed by atoms with van der Waals surface area (Å²) in [5.41, 5.74) is -1.38. The Balaban J connectivity index is 2.55. The van der Waals surface area contributed by atoms with E-state index in [4.69, 9.17) is 0 Å². The molecule has 1 aromatic heterocycles. The monoisotopic (exact) mass is 384 g/mol. The van der Waals surface area contributed by atoms with Gasteiger partial charge in [0.25, 0.3) is 5.56 Å². The summed E-state index contributed by atoms with van der Waals surface area (Å²) in [6, 6.07) is 1.03. The summed E-state index contributed by atoms with van der Waals surface area (Å²) in [5.74, 6) is -2.17. The van der Waals surface area contributed by atoms with Gasteiger partial charge in [0.15, 0.2) is 0 Å². The Morgan fingerprint density at radius 3 is 2.16 bits per heavy atom. The summed E-state index contributed by atoms with van der Waals surface area (Å²) in [7, 11) is 0.701. The Labute approximate surface area is 142 Å². The molecule has 0 saturated carbocycles. The maximum absolute atomic E-state index is 13.4. The first kappa shape index (κ1) is 19.5. The van der Waals surface area contributed by atoms with Crippen molar-refractivity contribution >= 4 is 15.8 Å². The predicted molar refractivity (Wildman–Crippen MR) is 85.1 cm³/mol. The van der Waals surface area contributed by atoms with Crippen LogP contribution in [0.15, 0.2) is 15.7 Å². The first-order valence-corrected chi connectivity index (χ1v) is 8.79. The summed E-state index contributed by atoms with van der Waals surface area (Å²) in [5, 5.41) is -1.72. The molecule has 0 radical (unpaired) electrons. The topological polar surface area (TPSA) is 84.6 Å². The maximum Gasteiger partial charge on any atom is 0.394 e. The molecule has 2 heterocycles. The van der Waals surface area contributed by atoms with Gasteiger partial charge in [0.2, 0.25) is 10.0 Å². The highest BCUT2D eigenvalue weighted by atomic mass is 32.2. The zero-order valence-electron chi connectivity index (χ0n) is 14.1. The van der Waals surface area contributed by atoms with E-state index in [-0.39, 0.29) is 5.82 Å². The highest BCUT2D eigenvalue weighted by molar-refractivity contribution is 7.89. The summed E-state index contributed by atoms with van der Waals surface area (Å²) in [6.45, 7) is -1.12. The lowest BCUT2D eigenvalue weighted by Gasteiger charge is -2.23. The van der Waals surface area contributed by atoms with Crippen LogP contribution in [0.4, 0.5) is 19.0 Å². The van der Waals surface area contributed by atoms with Gasteiger partial charge in [0.05, 0.1) is 5.92 Å². The smallest absolute Gasteiger partial charge is 0.356 e. The van der Waals surface area contributed by atoms with Gasteiger partial charge in [-0.25, -0.2) is 17.5 Å². The number of aromatic nitrogens is 2. The molecule has 2 rings (SSSR count). The number of alkyl halides is 3. The Hall–Kier alpha value is -1.82. The van der Waals surface area contributed by atoms with Crippen LogP contribution in [0.5, 0.6) is 0 Å². The largest absolute Gasteiger partial charge is 0.394 e. The van der Waals surface area contributed by atoms with Crippen LogP contribution in [0.25, 0.3) is 0 Å². The maximum atomic E-state index is 13.4. The van der Waals surface area contributed by atoms with Gasteiger partial charge in [-0.3, -0.25) is 13.9 Å². The van der Waals surface area contributed by atoms with Gasteiger partial charge in [0.1, 0.15) is 11.1 Å². The second-order valence-electron chi connectivity index (χ2n) is 6.16. The van der Waals surface area contributed by atoms with Crippen molar-refractivity contribution in [1.29, 1.82) is 0 Å². The normalized spacial score (nSPS) is 22.0. The Kier molecular flexibility index (Phi) is 4.81. The van der Waals surface area contributed by atoms with E-state index in [0.717, 1.165) is 24.4 Å². The number of halogens is 3. The van der Waals surface area contributed by atoms with Crippen molar-refractivity contribution in [3.8, 4) is 0 Å². The molecule has 142 valence electrons. The molecule has 1 fully saturated rings. The van der Waals surface area contributed by atoms with Gasteiger partial charge in [0, 0.05) is 47.3 Å². The van der Waals surface area contributed by atoms with Gasteiger partial charge < -0.3 is 4.90 Å². The molecule has 1 aliphatic heterocycles. The fraction of sp³-hybridized carbons (Fsp3) is 0.692. The summed E-state index contributed by atoms with van der Waals surface area (Å²) in [6.07, 6.45) is -4.74. The van der Waals surface area contributed by atoms with Crippen molar-refractivity contribution in [3.63, 3.8) is 0 Å². The van der Waals surface area contributed by atoms with Crippen LogP contribution >= 0.6 is 0 Å². The zero-order chi connectivity index (χ0) is 19.3. The van der Waals surface area contributed by atoms with Crippen molar-refractivity contribution < 1.29 is 21.6 Å². The molecule has 1 aliphatic rings. The number of sulfonamides is 1. The van der Waals surface area contributed by atoms with E-state index in [0.29, 0.717) is 0 Å². The summed E-state index contributed by atoms with van der Waals surface area (Å²) >= 11 is 0. The molecular weight excluding hydrogens is 365 g/mol. The fourth-order valence-corrected chi connectivity index (χ4v) is 4.44. The van der Waals surface area contributed by atoms with Crippen LogP contribution in [-0.2, 0) is 24.1 Å². The summed E-state index contributed by atoms with van der Waals surface area (Å²) < 4.78 is 67.3. The van der Waals surface area contributed by atoms with Crippen molar-refractivity contribution in [2.45, 2.75) is 11.4 Å².